The standard InChI is InChI=1S/C17H25N5S/c1-13-19-17(12-23-13)11-22-8-15-3-4-21(9-16(15)10-22)7-14-5-18-20(2)6-14/h5-6,12,15-16H,3-4,7-11H2,1-2H3/t15-,16-/m1/s1. The van der Waals surface area contributed by atoms with E-state index in [-0.39, 0.29) is 0 Å². The van der Waals surface area contributed by atoms with Crippen LogP contribution in [-0.4, -0.2) is 50.7 Å². The summed E-state index contributed by atoms with van der Waals surface area (Å²) < 4.78 is 1.90. The van der Waals surface area contributed by atoms with Crippen LogP contribution in [0.4, 0.5) is 0 Å². The van der Waals surface area contributed by atoms with Crippen molar-refractivity contribution in [3.05, 3.63) is 34.0 Å². The van der Waals surface area contributed by atoms with Crippen molar-refractivity contribution < 1.29 is 0 Å². The highest BCUT2D eigenvalue weighted by atomic mass is 32.1. The first-order valence-electron chi connectivity index (χ1n) is 8.49. The van der Waals surface area contributed by atoms with Gasteiger partial charge < -0.3 is 0 Å². The van der Waals surface area contributed by atoms with E-state index in [1.807, 2.05) is 17.9 Å². The Balaban J connectivity index is 1.33. The zero-order valence-corrected chi connectivity index (χ0v) is 14.8. The van der Waals surface area contributed by atoms with E-state index < -0.39 is 0 Å². The summed E-state index contributed by atoms with van der Waals surface area (Å²) >= 11 is 1.76. The number of rotatable bonds is 4. The van der Waals surface area contributed by atoms with Crippen LogP contribution in [0.25, 0.3) is 0 Å². The van der Waals surface area contributed by atoms with Crippen molar-refractivity contribution in [1.29, 1.82) is 0 Å². The second-order valence-electron chi connectivity index (χ2n) is 7.12. The molecule has 0 saturated carbocycles. The maximum Gasteiger partial charge on any atom is 0.0897 e. The van der Waals surface area contributed by atoms with Gasteiger partial charge in [-0.1, -0.05) is 0 Å². The molecule has 0 aromatic carbocycles. The van der Waals surface area contributed by atoms with E-state index in [1.54, 1.807) is 11.3 Å². The van der Waals surface area contributed by atoms with Gasteiger partial charge in [0.2, 0.25) is 0 Å². The molecular weight excluding hydrogens is 306 g/mol. The predicted molar refractivity (Wildman–Crippen MR) is 92.2 cm³/mol. The molecule has 0 bridgehead atoms. The summed E-state index contributed by atoms with van der Waals surface area (Å²) in [5, 5.41) is 7.68. The molecular formula is C17H25N5S. The summed E-state index contributed by atoms with van der Waals surface area (Å²) in [6.45, 7) is 9.09. The maximum absolute atomic E-state index is 4.62. The minimum atomic E-state index is 0.820. The van der Waals surface area contributed by atoms with Crippen molar-refractivity contribution in [3.8, 4) is 0 Å². The van der Waals surface area contributed by atoms with Crippen molar-refractivity contribution >= 4 is 11.3 Å². The molecule has 0 unspecified atom stereocenters. The lowest BCUT2D eigenvalue weighted by atomic mass is 9.88. The lowest BCUT2D eigenvalue weighted by molar-refractivity contribution is 0.142. The Kier molecular flexibility index (Phi) is 4.22. The van der Waals surface area contributed by atoms with Crippen molar-refractivity contribution in [2.45, 2.75) is 26.4 Å². The van der Waals surface area contributed by atoms with Gasteiger partial charge in [0.25, 0.3) is 0 Å². The van der Waals surface area contributed by atoms with Gasteiger partial charge in [-0.2, -0.15) is 5.10 Å². The van der Waals surface area contributed by atoms with Gasteiger partial charge in [-0.15, -0.1) is 11.3 Å². The summed E-state index contributed by atoms with van der Waals surface area (Å²) in [5.41, 5.74) is 2.58. The summed E-state index contributed by atoms with van der Waals surface area (Å²) in [5.74, 6) is 1.69. The predicted octanol–water partition coefficient (Wildman–Crippen LogP) is 2.14. The number of piperidine rings is 1. The van der Waals surface area contributed by atoms with Crippen molar-refractivity contribution in [1.82, 2.24) is 24.6 Å². The van der Waals surface area contributed by atoms with E-state index in [0.29, 0.717) is 0 Å². The second kappa shape index (κ2) is 6.34. The number of fused-ring (bicyclic) bond motifs is 1. The third-order valence-electron chi connectivity index (χ3n) is 5.18. The lowest BCUT2D eigenvalue weighted by Crippen LogP contribution is -2.39. The van der Waals surface area contributed by atoms with Crippen molar-refractivity contribution in [2.24, 2.45) is 18.9 Å². The van der Waals surface area contributed by atoms with Crippen LogP contribution in [0.3, 0.4) is 0 Å². The summed E-state index contributed by atoms with van der Waals surface area (Å²) in [6, 6.07) is 0. The number of aromatic nitrogens is 3. The average molecular weight is 331 g/mol. The summed E-state index contributed by atoms with van der Waals surface area (Å²) in [4.78, 5) is 9.84. The molecule has 5 nitrogen and oxygen atoms in total. The number of likely N-dealkylation sites (tertiary alicyclic amines) is 2. The van der Waals surface area contributed by atoms with Gasteiger partial charge in [0.1, 0.15) is 0 Å². The fourth-order valence-corrected chi connectivity index (χ4v) is 4.74. The average Bonchev–Trinajstić information content (AvgIpc) is 3.20. The highest BCUT2D eigenvalue weighted by molar-refractivity contribution is 7.09. The quantitative estimate of drug-likeness (QED) is 0.860. The topological polar surface area (TPSA) is 37.2 Å². The Morgan fingerprint density at radius 3 is 2.74 bits per heavy atom. The van der Waals surface area contributed by atoms with Crippen molar-refractivity contribution in [3.63, 3.8) is 0 Å². The van der Waals surface area contributed by atoms with E-state index in [9.17, 15) is 0 Å². The molecule has 2 aromatic heterocycles. The number of hydrogen-bond donors (Lipinski definition) is 0. The van der Waals surface area contributed by atoms with E-state index in [2.05, 4.69) is 38.4 Å². The van der Waals surface area contributed by atoms with Crippen molar-refractivity contribution in [2.75, 3.05) is 26.2 Å². The van der Waals surface area contributed by atoms with E-state index in [4.69, 9.17) is 0 Å². The summed E-state index contributed by atoms with van der Waals surface area (Å²) in [6.07, 6.45) is 5.47. The fraction of sp³-hybridized carbons (Fsp3) is 0.647. The highest BCUT2D eigenvalue weighted by Gasteiger charge is 2.36. The molecule has 124 valence electrons. The molecule has 23 heavy (non-hydrogen) atoms. The zero-order valence-electron chi connectivity index (χ0n) is 14.0. The Morgan fingerprint density at radius 2 is 2.00 bits per heavy atom. The molecule has 0 radical (unpaired) electrons. The van der Waals surface area contributed by atoms with Crippen LogP contribution in [0.1, 0.15) is 22.7 Å². The van der Waals surface area contributed by atoms with Crippen LogP contribution in [0.2, 0.25) is 0 Å². The number of aryl methyl sites for hydroxylation is 2. The SMILES string of the molecule is Cc1nc(CN2C[C@H]3CCN(Cc4cnn(C)c4)C[C@@H]3C2)cs1. The van der Waals surface area contributed by atoms with Crippen LogP contribution >= 0.6 is 11.3 Å². The van der Waals surface area contributed by atoms with Crippen LogP contribution in [-0.2, 0) is 20.1 Å². The fourth-order valence-electron chi connectivity index (χ4n) is 4.14. The maximum atomic E-state index is 4.62. The molecule has 2 fully saturated rings. The largest absolute Gasteiger partial charge is 0.299 e. The van der Waals surface area contributed by atoms with E-state index in [0.717, 1.165) is 24.9 Å². The molecule has 0 amide bonds. The first kappa shape index (κ1) is 15.3. The molecule has 2 aliphatic rings. The Hall–Kier alpha value is -1.24. The van der Waals surface area contributed by atoms with Gasteiger partial charge >= 0.3 is 0 Å². The monoisotopic (exact) mass is 331 g/mol. The van der Waals surface area contributed by atoms with Gasteiger partial charge in [0.15, 0.2) is 0 Å². The number of nitrogens with zero attached hydrogens (tertiary/aromatic N) is 5. The first-order chi connectivity index (χ1) is 11.2. The normalized spacial score (nSPS) is 25.8. The molecule has 4 heterocycles. The first-order valence-corrected chi connectivity index (χ1v) is 9.37. The van der Waals surface area contributed by atoms with Gasteiger partial charge in [0, 0.05) is 56.9 Å². The smallest absolute Gasteiger partial charge is 0.0897 e. The molecule has 0 aliphatic carbocycles. The molecule has 0 N–H and O–H groups in total. The number of hydrogen-bond acceptors (Lipinski definition) is 5. The third kappa shape index (κ3) is 3.49. The molecule has 2 aromatic rings. The minimum Gasteiger partial charge on any atom is -0.299 e. The Labute approximate surface area is 141 Å². The van der Waals surface area contributed by atoms with E-state index in [1.165, 1.54) is 48.9 Å². The minimum absolute atomic E-state index is 0.820. The molecule has 4 rings (SSSR count). The Bertz CT molecular complexity index is 623. The van der Waals surface area contributed by atoms with Gasteiger partial charge in [0.05, 0.1) is 16.9 Å². The van der Waals surface area contributed by atoms with Gasteiger partial charge in [-0.25, -0.2) is 4.98 Å². The molecule has 6 heteroatoms. The Morgan fingerprint density at radius 1 is 1.17 bits per heavy atom. The number of thiazole rings is 1. The molecule has 2 atom stereocenters. The van der Waals surface area contributed by atoms with E-state index >= 15 is 0 Å². The lowest BCUT2D eigenvalue weighted by Gasteiger charge is -2.34. The third-order valence-corrected chi connectivity index (χ3v) is 6.00. The molecule has 0 spiro atoms. The zero-order chi connectivity index (χ0) is 15.8. The van der Waals surface area contributed by atoms with Crippen LogP contribution in [0, 0.1) is 18.8 Å². The second-order valence-corrected chi connectivity index (χ2v) is 8.18. The van der Waals surface area contributed by atoms with Crippen LogP contribution in [0.5, 0.6) is 0 Å². The van der Waals surface area contributed by atoms with Crippen LogP contribution in [0.15, 0.2) is 17.8 Å². The van der Waals surface area contributed by atoms with Gasteiger partial charge in [-0.05, 0) is 31.7 Å². The van der Waals surface area contributed by atoms with Gasteiger partial charge in [-0.3, -0.25) is 14.5 Å². The van der Waals surface area contributed by atoms with Crippen LogP contribution < -0.4 is 0 Å². The molecule has 2 saturated heterocycles. The molecule has 2 aliphatic heterocycles. The highest BCUT2D eigenvalue weighted by Crippen LogP contribution is 2.32. The summed E-state index contributed by atoms with van der Waals surface area (Å²) in [7, 11) is 1.99.